The highest BCUT2D eigenvalue weighted by atomic mass is 32.2. The molecule has 2 rings (SSSR count). The quantitative estimate of drug-likeness (QED) is 0.658. The van der Waals surface area contributed by atoms with Gasteiger partial charge in [0.2, 0.25) is 10.0 Å². The van der Waals surface area contributed by atoms with Crippen LogP contribution in [0.4, 0.5) is 5.69 Å². The average Bonchev–Trinajstić information content (AvgIpc) is 2.81. The lowest BCUT2D eigenvalue weighted by Crippen LogP contribution is -2.34. The standard InChI is InChI=1S/C12H17N3O4S/c1-9-6-10(7-13)8-14(9)20(18,19)12-4-2-11(3-5-12)15(16)17/h2-5,9-10H,6-8,13H2,1H3/t9-,10-/m0/s1. The third-order valence-electron chi connectivity index (χ3n) is 3.59. The van der Waals surface area contributed by atoms with E-state index >= 15 is 0 Å². The molecule has 0 unspecified atom stereocenters. The van der Waals surface area contributed by atoms with Crippen LogP contribution in [0, 0.1) is 16.0 Å². The molecule has 1 aliphatic heterocycles. The van der Waals surface area contributed by atoms with E-state index in [1.54, 1.807) is 0 Å². The monoisotopic (exact) mass is 299 g/mol. The zero-order chi connectivity index (χ0) is 14.9. The molecule has 0 bridgehead atoms. The number of hydrogen-bond acceptors (Lipinski definition) is 5. The van der Waals surface area contributed by atoms with Gasteiger partial charge in [0, 0.05) is 24.7 Å². The minimum absolute atomic E-state index is 0.0765. The molecule has 1 fully saturated rings. The lowest BCUT2D eigenvalue weighted by atomic mass is 10.1. The predicted molar refractivity (Wildman–Crippen MR) is 73.6 cm³/mol. The largest absolute Gasteiger partial charge is 0.330 e. The van der Waals surface area contributed by atoms with E-state index < -0.39 is 14.9 Å². The van der Waals surface area contributed by atoms with Gasteiger partial charge < -0.3 is 5.73 Å². The third-order valence-corrected chi connectivity index (χ3v) is 5.59. The zero-order valence-electron chi connectivity index (χ0n) is 11.1. The van der Waals surface area contributed by atoms with Gasteiger partial charge in [-0.2, -0.15) is 4.31 Å². The molecule has 1 heterocycles. The molecule has 1 aromatic rings. The van der Waals surface area contributed by atoms with Crippen molar-refractivity contribution in [3.63, 3.8) is 0 Å². The number of nitro benzene ring substituents is 1. The van der Waals surface area contributed by atoms with Crippen molar-refractivity contribution in [1.82, 2.24) is 4.31 Å². The molecule has 0 amide bonds. The molecule has 1 aliphatic rings. The number of nitro groups is 1. The summed E-state index contributed by atoms with van der Waals surface area (Å²) in [6.07, 6.45) is 0.739. The van der Waals surface area contributed by atoms with Crippen LogP contribution in [0.25, 0.3) is 0 Å². The molecule has 110 valence electrons. The Morgan fingerprint density at radius 2 is 2.00 bits per heavy atom. The van der Waals surface area contributed by atoms with Gasteiger partial charge in [-0.15, -0.1) is 0 Å². The SMILES string of the molecule is C[C@H]1C[C@@H](CN)CN1S(=O)(=O)c1ccc([N+](=O)[O-])cc1. The van der Waals surface area contributed by atoms with Gasteiger partial charge in [-0.05, 0) is 37.9 Å². The maximum atomic E-state index is 12.5. The fraction of sp³-hybridized carbons (Fsp3) is 0.500. The smallest absolute Gasteiger partial charge is 0.269 e. The Morgan fingerprint density at radius 3 is 2.45 bits per heavy atom. The van der Waals surface area contributed by atoms with Crippen LogP contribution >= 0.6 is 0 Å². The number of hydrogen-bond donors (Lipinski definition) is 1. The lowest BCUT2D eigenvalue weighted by molar-refractivity contribution is -0.384. The molecule has 20 heavy (non-hydrogen) atoms. The van der Waals surface area contributed by atoms with E-state index in [1.165, 1.54) is 28.6 Å². The van der Waals surface area contributed by atoms with Crippen molar-refractivity contribution in [3.8, 4) is 0 Å². The first kappa shape index (κ1) is 14.9. The van der Waals surface area contributed by atoms with E-state index in [2.05, 4.69) is 0 Å². The van der Waals surface area contributed by atoms with Crippen LogP contribution in [0.5, 0.6) is 0 Å². The second kappa shape index (κ2) is 5.47. The van der Waals surface area contributed by atoms with E-state index in [4.69, 9.17) is 5.73 Å². The minimum atomic E-state index is -3.62. The number of benzene rings is 1. The number of nitrogens with zero attached hydrogens (tertiary/aromatic N) is 2. The Kier molecular flexibility index (Phi) is 4.07. The first-order valence-corrected chi connectivity index (χ1v) is 7.76. The molecule has 8 heteroatoms. The van der Waals surface area contributed by atoms with E-state index in [-0.39, 0.29) is 22.5 Å². The molecule has 0 radical (unpaired) electrons. The van der Waals surface area contributed by atoms with Gasteiger partial charge in [-0.25, -0.2) is 8.42 Å². The highest BCUT2D eigenvalue weighted by molar-refractivity contribution is 7.89. The molecule has 7 nitrogen and oxygen atoms in total. The van der Waals surface area contributed by atoms with Gasteiger partial charge in [-0.3, -0.25) is 10.1 Å². The van der Waals surface area contributed by atoms with Crippen LogP contribution in [0.3, 0.4) is 0 Å². The summed E-state index contributed by atoms with van der Waals surface area (Å²) in [6.45, 7) is 2.70. The van der Waals surface area contributed by atoms with Crippen LogP contribution in [-0.2, 0) is 10.0 Å². The number of rotatable bonds is 4. The Balaban J connectivity index is 2.28. The summed E-state index contributed by atoms with van der Waals surface area (Å²) >= 11 is 0. The molecular formula is C12H17N3O4S. The second-order valence-electron chi connectivity index (χ2n) is 5.01. The molecule has 0 aromatic heterocycles. The summed E-state index contributed by atoms with van der Waals surface area (Å²) in [6, 6.07) is 4.84. The van der Waals surface area contributed by atoms with E-state index in [1.807, 2.05) is 6.92 Å². The van der Waals surface area contributed by atoms with Gasteiger partial charge in [0.25, 0.3) is 5.69 Å². The Morgan fingerprint density at radius 1 is 1.40 bits per heavy atom. The number of sulfonamides is 1. The molecule has 1 aromatic carbocycles. The van der Waals surface area contributed by atoms with Crippen molar-refractivity contribution in [2.24, 2.45) is 11.7 Å². The fourth-order valence-corrected chi connectivity index (χ4v) is 4.21. The van der Waals surface area contributed by atoms with Gasteiger partial charge in [0.05, 0.1) is 9.82 Å². The zero-order valence-corrected chi connectivity index (χ0v) is 11.9. The average molecular weight is 299 g/mol. The van der Waals surface area contributed by atoms with Gasteiger partial charge >= 0.3 is 0 Å². The molecule has 0 aliphatic carbocycles. The molecule has 2 N–H and O–H groups in total. The van der Waals surface area contributed by atoms with Crippen molar-refractivity contribution in [2.45, 2.75) is 24.3 Å². The van der Waals surface area contributed by atoms with Crippen LogP contribution in [0.1, 0.15) is 13.3 Å². The lowest BCUT2D eigenvalue weighted by Gasteiger charge is -2.20. The first-order valence-electron chi connectivity index (χ1n) is 6.32. The summed E-state index contributed by atoms with van der Waals surface area (Å²) in [5, 5.41) is 10.6. The van der Waals surface area contributed by atoms with Crippen LogP contribution < -0.4 is 5.73 Å². The second-order valence-corrected chi connectivity index (χ2v) is 6.90. The molecule has 0 spiro atoms. The highest BCUT2D eigenvalue weighted by Crippen LogP contribution is 2.29. The summed E-state index contributed by atoms with van der Waals surface area (Å²) in [4.78, 5) is 10.1. The van der Waals surface area contributed by atoms with Gasteiger partial charge in [-0.1, -0.05) is 0 Å². The number of nitrogens with two attached hydrogens (primary N) is 1. The molecule has 1 saturated heterocycles. The van der Waals surface area contributed by atoms with E-state index in [9.17, 15) is 18.5 Å². The molecule has 2 atom stereocenters. The Bertz CT molecular complexity index is 600. The summed E-state index contributed by atoms with van der Waals surface area (Å²) < 4.78 is 26.4. The number of non-ortho nitro benzene ring substituents is 1. The Hall–Kier alpha value is -1.51. The maximum Gasteiger partial charge on any atom is 0.269 e. The predicted octanol–water partition coefficient (Wildman–Crippen LogP) is 0.953. The first-order chi connectivity index (χ1) is 9.36. The van der Waals surface area contributed by atoms with Crippen LogP contribution in [0.2, 0.25) is 0 Å². The summed E-state index contributed by atoms with van der Waals surface area (Å²) in [7, 11) is -3.62. The van der Waals surface area contributed by atoms with Gasteiger partial charge in [0.1, 0.15) is 0 Å². The third kappa shape index (κ3) is 2.67. The summed E-state index contributed by atoms with van der Waals surface area (Å²) in [5.74, 6) is 0.165. The fourth-order valence-electron chi connectivity index (χ4n) is 2.49. The normalized spacial score (nSPS) is 23.9. The van der Waals surface area contributed by atoms with Crippen LogP contribution in [0.15, 0.2) is 29.2 Å². The topological polar surface area (TPSA) is 107 Å². The maximum absolute atomic E-state index is 12.5. The summed E-state index contributed by atoms with van der Waals surface area (Å²) in [5.41, 5.74) is 5.47. The molecular weight excluding hydrogens is 282 g/mol. The van der Waals surface area contributed by atoms with Crippen molar-refractivity contribution >= 4 is 15.7 Å². The van der Waals surface area contributed by atoms with Crippen molar-refractivity contribution in [3.05, 3.63) is 34.4 Å². The van der Waals surface area contributed by atoms with E-state index in [0.717, 1.165) is 6.42 Å². The highest BCUT2D eigenvalue weighted by Gasteiger charge is 2.37. The van der Waals surface area contributed by atoms with E-state index in [0.29, 0.717) is 13.1 Å². The van der Waals surface area contributed by atoms with Crippen molar-refractivity contribution in [2.75, 3.05) is 13.1 Å². The molecule has 0 saturated carbocycles. The van der Waals surface area contributed by atoms with Gasteiger partial charge in [0.15, 0.2) is 0 Å². The minimum Gasteiger partial charge on any atom is -0.330 e. The van der Waals surface area contributed by atoms with Crippen LogP contribution in [-0.4, -0.2) is 36.8 Å². The van der Waals surface area contributed by atoms with Crippen molar-refractivity contribution in [1.29, 1.82) is 0 Å². The Labute approximate surface area is 117 Å². The van der Waals surface area contributed by atoms with Crippen molar-refractivity contribution < 1.29 is 13.3 Å².